The minimum atomic E-state index is -0.259. The first-order valence-electron chi connectivity index (χ1n) is 6.90. The molecule has 0 spiro atoms. The normalized spacial score (nSPS) is 18.7. The Balaban J connectivity index is 1.72. The van der Waals surface area contributed by atoms with Gasteiger partial charge in [0, 0.05) is 25.0 Å². The van der Waals surface area contributed by atoms with E-state index in [1.807, 2.05) is 6.92 Å². The highest BCUT2D eigenvalue weighted by atomic mass is 16.5. The summed E-state index contributed by atoms with van der Waals surface area (Å²) in [6, 6.07) is 1.69. The maximum absolute atomic E-state index is 12.4. The van der Waals surface area contributed by atoms with Crippen LogP contribution in [0.15, 0.2) is 29.2 Å². The zero-order chi connectivity index (χ0) is 14.7. The van der Waals surface area contributed by atoms with E-state index in [4.69, 9.17) is 9.26 Å². The summed E-state index contributed by atoms with van der Waals surface area (Å²) in [4.78, 5) is 22.4. The van der Waals surface area contributed by atoms with E-state index in [9.17, 15) is 4.79 Å². The summed E-state index contributed by atoms with van der Waals surface area (Å²) in [6.45, 7) is 3.38. The Morgan fingerprint density at radius 2 is 2.38 bits per heavy atom. The minimum absolute atomic E-state index is 0.167. The number of carbonyl (C=O) groups is 1. The van der Waals surface area contributed by atoms with Crippen molar-refractivity contribution >= 4 is 5.91 Å². The largest absolute Gasteiger partial charge is 0.368 e. The molecule has 0 unspecified atom stereocenters. The van der Waals surface area contributed by atoms with Crippen LogP contribution in [-0.4, -0.2) is 45.6 Å². The second-order valence-corrected chi connectivity index (χ2v) is 4.78. The first-order valence-corrected chi connectivity index (χ1v) is 6.90. The Kier molecular flexibility index (Phi) is 3.92. The molecule has 21 heavy (non-hydrogen) atoms. The molecule has 0 bridgehead atoms. The lowest BCUT2D eigenvalue weighted by molar-refractivity contribution is -0.0260. The summed E-state index contributed by atoms with van der Waals surface area (Å²) in [7, 11) is 0. The molecule has 0 aliphatic carbocycles. The van der Waals surface area contributed by atoms with Crippen molar-refractivity contribution in [2.75, 3.05) is 19.7 Å². The predicted molar refractivity (Wildman–Crippen MR) is 72.5 cm³/mol. The molecule has 1 aliphatic heterocycles. The lowest BCUT2D eigenvalue weighted by atomic mass is 10.2. The number of amides is 1. The van der Waals surface area contributed by atoms with Gasteiger partial charge in [0.25, 0.3) is 5.91 Å². The quantitative estimate of drug-likeness (QED) is 0.845. The van der Waals surface area contributed by atoms with Gasteiger partial charge in [0.1, 0.15) is 6.10 Å². The molecule has 1 amide bonds. The van der Waals surface area contributed by atoms with E-state index < -0.39 is 0 Å². The van der Waals surface area contributed by atoms with Crippen LogP contribution in [0.1, 0.15) is 35.0 Å². The molecule has 1 fully saturated rings. The van der Waals surface area contributed by atoms with Crippen molar-refractivity contribution in [2.45, 2.75) is 19.4 Å². The van der Waals surface area contributed by atoms with Crippen LogP contribution in [0.3, 0.4) is 0 Å². The lowest BCUT2D eigenvalue weighted by Gasteiger charge is -2.31. The Labute approximate surface area is 121 Å². The highest BCUT2D eigenvalue weighted by Gasteiger charge is 2.28. The van der Waals surface area contributed by atoms with Crippen LogP contribution in [0.4, 0.5) is 0 Å². The zero-order valence-corrected chi connectivity index (χ0v) is 11.7. The number of hydrogen-bond acceptors (Lipinski definition) is 6. The highest BCUT2D eigenvalue weighted by molar-refractivity contribution is 5.91. The number of carbonyl (C=O) groups excluding carboxylic acids is 1. The van der Waals surface area contributed by atoms with Crippen molar-refractivity contribution in [1.29, 1.82) is 0 Å². The Hall–Kier alpha value is -2.28. The van der Waals surface area contributed by atoms with Crippen molar-refractivity contribution in [1.82, 2.24) is 20.0 Å². The third-order valence-electron chi connectivity index (χ3n) is 3.40. The lowest BCUT2D eigenvalue weighted by Crippen LogP contribution is -2.42. The van der Waals surface area contributed by atoms with Gasteiger partial charge in [-0.25, -0.2) is 0 Å². The van der Waals surface area contributed by atoms with E-state index in [-0.39, 0.29) is 17.8 Å². The van der Waals surface area contributed by atoms with E-state index in [0.29, 0.717) is 19.7 Å². The molecule has 0 saturated carbocycles. The molecule has 3 rings (SSSR count). The highest BCUT2D eigenvalue weighted by Crippen LogP contribution is 2.21. The maximum Gasteiger partial charge on any atom is 0.292 e. The number of hydrogen-bond donors (Lipinski definition) is 0. The summed E-state index contributed by atoms with van der Waals surface area (Å²) in [5.41, 5.74) is 1.50. The average molecular weight is 288 g/mol. The maximum atomic E-state index is 12.4. The summed E-state index contributed by atoms with van der Waals surface area (Å²) < 4.78 is 10.8. The van der Waals surface area contributed by atoms with Gasteiger partial charge in [-0.15, -0.1) is 0 Å². The molecule has 1 aliphatic rings. The number of aryl methyl sites for hydroxylation is 1. The fraction of sp³-hybridized carbons (Fsp3) is 0.429. The molecule has 0 aromatic carbocycles. The van der Waals surface area contributed by atoms with Crippen LogP contribution in [0.2, 0.25) is 0 Å². The molecule has 7 heteroatoms. The fourth-order valence-corrected chi connectivity index (χ4v) is 2.22. The zero-order valence-electron chi connectivity index (χ0n) is 11.7. The van der Waals surface area contributed by atoms with Crippen molar-refractivity contribution in [3.8, 4) is 0 Å². The molecular formula is C14H16N4O3. The Morgan fingerprint density at radius 3 is 3.10 bits per heavy atom. The number of nitrogens with zero attached hydrogens (tertiary/aromatic N) is 4. The third kappa shape index (κ3) is 2.92. The fourth-order valence-electron chi connectivity index (χ4n) is 2.22. The van der Waals surface area contributed by atoms with Gasteiger partial charge in [-0.2, -0.15) is 0 Å². The molecule has 2 aromatic rings. The monoisotopic (exact) mass is 288 g/mol. The van der Waals surface area contributed by atoms with Gasteiger partial charge in [0.15, 0.2) is 0 Å². The predicted octanol–water partition coefficient (Wildman–Crippen LogP) is 1.24. The third-order valence-corrected chi connectivity index (χ3v) is 3.40. The number of rotatable bonds is 3. The van der Waals surface area contributed by atoms with E-state index in [1.165, 1.54) is 0 Å². The van der Waals surface area contributed by atoms with Gasteiger partial charge in [-0.05, 0) is 6.42 Å². The average Bonchev–Trinajstić information content (AvgIpc) is 3.04. The topological polar surface area (TPSA) is 81.4 Å². The van der Waals surface area contributed by atoms with Crippen LogP contribution in [-0.2, 0) is 11.2 Å². The number of morpholine rings is 1. The molecule has 0 N–H and O–H groups in total. The number of aromatic nitrogens is 3. The van der Waals surface area contributed by atoms with Crippen LogP contribution in [0, 0.1) is 0 Å². The smallest absolute Gasteiger partial charge is 0.292 e. The first-order chi connectivity index (χ1) is 10.3. The van der Waals surface area contributed by atoms with Crippen molar-refractivity contribution in [3.05, 3.63) is 41.8 Å². The molecule has 110 valence electrons. The Bertz CT molecular complexity index is 614. The van der Waals surface area contributed by atoms with Gasteiger partial charge in [0.2, 0.25) is 5.76 Å². The van der Waals surface area contributed by atoms with Gasteiger partial charge in [-0.3, -0.25) is 14.8 Å². The van der Waals surface area contributed by atoms with E-state index in [0.717, 1.165) is 17.8 Å². The minimum Gasteiger partial charge on any atom is -0.368 e. The van der Waals surface area contributed by atoms with Gasteiger partial charge < -0.3 is 14.2 Å². The van der Waals surface area contributed by atoms with Crippen LogP contribution in [0.25, 0.3) is 0 Å². The summed E-state index contributed by atoms with van der Waals surface area (Å²) in [5, 5.41) is 3.85. The second-order valence-electron chi connectivity index (χ2n) is 4.78. The van der Waals surface area contributed by atoms with Crippen molar-refractivity contribution in [2.24, 2.45) is 0 Å². The summed E-state index contributed by atoms with van der Waals surface area (Å²) >= 11 is 0. The summed E-state index contributed by atoms with van der Waals surface area (Å²) in [6.07, 6.45) is 5.36. The van der Waals surface area contributed by atoms with E-state index in [2.05, 4.69) is 15.1 Å². The molecular weight excluding hydrogens is 272 g/mol. The Morgan fingerprint density at radius 1 is 1.48 bits per heavy atom. The molecule has 7 nitrogen and oxygen atoms in total. The molecule has 1 saturated heterocycles. The van der Waals surface area contributed by atoms with E-state index in [1.54, 1.807) is 29.6 Å². The molecule has 1 atom stereocenters. The van der Waals surface area contributed by atoms with Gasteiger partial charge >= 0.3 is 0 Å². The van der Waals surface area contributed by atoms with Crippen LogP contribution < -0.4 is 0 Å². The second kappa shape index (κ2) is 6.01. The van der Waals surface area contributed by atoms with Crippen molar-refractivity contribution < 1.29 is 14.1 Å². The van der Waals surface area contributed by atoms with Gasteiger partial charge in [-0.1, -0.05) is 12.1 Å². The first kappa shape index (κ1) is 13.7. The van der Waals surface area contributed by atoms with Crippen LogP contribution in [0.5, 0.6) is 0 Å². The molecule has 0 radical (unpaired) electrons. The summed E-state index contributed by atoms with van der Waals surface area (Å²) in [5.74, 6) is 0.103. The van der Waals surface area contributed by atoms with Crippen LogP contribution >= 0.6 is 0 Å². The standard InChI is InChI=1S/C14H16N4O3/c1-2-10-7-12(21-17-10)14(19)18-5-6-20-13(9-18)11-8-15-3-4-16-11/h3-4,7-8,13H,2,5-6,9H2,1H3/t13-/m1/s1. The van der Waals surface area contributed by atoms with Gasteiger partial charge in [0.05, 0.1) is 30.7 Å². The number of ether oxygens (including phenoxy) is 1. The van der Waals surface area contributed by atoms with E-state index >= 15 is 0 Å². The molecule has 2 aromatic heterocycles. The van der Waals surface area contributed by atoms with Crippen molar-refractivity contribution in [3.63, 3.8) is 0 Å². The SMILES string of the molecule is CCc1cc(C(=O)N2CCO[C@@H](c3cnccn3)C2)on1. The molecule has 3 heterocycles.